The van der Waals surface area contributed by atoms with Gasteiger partial charge in [0.25, 0.3) is 0 Å². The summed E-state index contributed by atoms with van der Waals surface area (Å²) in [6.45, 7) is 0. The third kappa shape index (κ3) is 32.7. The monoisotopic (exact) mass is 150 g/mol. The molecule has 0 atom stereocenters. The van der Waals surface area contributed by atoms with Crippen molar-refractivity contribution in [2.24, 2.45) is 0 Å². The maximum Gasteiger partial charge on any atom is 0 e. The summed E-state index contributed by atoms with van der Waals surface area (Å²) in [7, 11) is 0. The zero-order valence-electron chi connectivity index (χ0n) is 2.45. The van der Waals surface area contributed by atoms with Gasteiger partial charge in [-0.1, -0.05) is 0 Å². The van der Waals surface area contributed by atoms with Crippen LogP contribution < -0.4 is 6.15 Å². The van der Waals surface area contributed by atoms with Gasteiger partial charge in [-0.25, -0.2) is 0 Å². The van der Waals surface area contributed by atoms with Gasteiger partial charge >= 0.3 is 0 Å². The number of rotatable bonds is 0. The molecule has 0 rings (SSSR count). The molecule has 0 bridgehead atoms. The first-order valence-corrected chi connectivity index (χ1v) is 0. The third-order valence-electron chi connectivity index (χ3n) is 0. The van der Waals surface area contributed by atoms with Crippen molar-refractivity contribution < 1.29 is 0 Å². The quantitative estimate of drug-likeness (QED) is 0.464. The molecule has 0 aromatic carbocycles. The molecular weight excluding hydrogens is 142 g/mol. The Hall–Kier alpha value is 1.36. The Morgan fingerprint density at radius 3 is 0.400 bits per heavy atom. The first kappa shape index (κ1) is 98.8. The molecular formula is H8NS4. The lowest BCUT2D eigenvalue weighted by atomic mass is 14.0. The molecule has 0 aliphatic carbocycles. The van der Waals surface area contributed by atoms with Crippen LogP contribution >= 0.6 is 54.0 Å². The maximum absolute atomic E-state index is 0. The lowest BCUT2D eigenvalue weighted by molar-refractivity contribution is 2.13. The standard InChI is InChI=1S/N.4H2S/h;4*1H2. The summed E-state index contributed by atoms with van der Waals surface area (Å²) in [5.74, 6) is 0. The van der Waals surface area contributed by atoms with E-state index in [1.54, 1.807) is 0 Å². The van der Waals surface area contributed by atoms with Gasteiger partial charge in [0.15, 0.2) is 0 Å². The second-order valence-corrected chi connectivity index (χ2v) is 0. The summed E-state index contributed by atoms with van der Waals surface area (Å²) in [6, 6.07) is 0. The fourth-order valence-electron chi connectivity index (χ4n) is 0. The molecule has 0 amide bonds. The molecule has 3 radical (unpaired) electrons. The molecule has 0 saturated carbocycles. The van der Waals surface area contributed by atoms with Crippen LogP contribution in [0.2, 0.25) is 0 Å². The number of hydrogen-bond donors (Lipinski definition) is 0. The highest BCUT2D eigenvalue weighted by Gasteiger charge is 0.0000206. The van der Waals surface area contributed by atoms with Gasteiger partial charge in [0.05, 0.1) is 0 Å². The molecule has 0 heterocycles. The van der Waals surface area contributed by atoms with Crippen LogP contribution in [-0.2, 0) is 0 Å². The van der Waals surface area contributed by atoms with E-state index in [-0.39, 0.29) is 60.1 Å². The normalized spacial score (nSPS) is 0. The highest BCUT2D eigenvalue weighted by atomic mass is 32.1. The Morgan fingerprint density at radius 2 is 0.400 bits per heavy atom. The van der Waals surface area contributed by atoms with Crippen molar-refractivity contribution >= 4 is 54.0 Å². The topological polar surface area (TPSA) is 30.5 Å². The van der Waals surface area contributed by atoms with Crippen molar-refractivity contribution in [3.8, 4) is 0 Å². The van der Waals surface area contributed by atoms with E-state index in [2.05, 4.69) is 0 Å². The highest BCUT2D eigenvalue weighted by Crippen LogP contribution is 0.651. The van der Waals surface area contributed by atoms with Crippen molar-refractivity contribution in [3.63, 3.8) is 0 Å². The molecule has 0 aliphatic heterocycles. The zero-order valence-corrected chi connectivity index (χ0v) is 6.45. The molecule has 0 aromatic rings. The van der Waals surface area contributed by atoms with Crippen LogP contribution in [0.3, 0.4) is 0 Å². The van der Waals surface area contributed by atoms with Crippen LogP contribution in [0.15, 0.2) is 0 Å². The van der Waals surface area contributed by atoms with Gasteiger partial charge in [0.1, 0.15) is 0 Å². The highest BCUT2D eigenvalue weighted by molar-refractivity contribution is 7.59. The van der Waals surface area contributed by atoms with Gasteiger partial charge in [-0.3, -0.25) is 0 Å². The van der Waals surface area contributed by atoms with E-state index in [4.69, 9.17) is 0 Å². The minimum Gasteiger partial charge on any atom is -0.197 e. The summed E-state index contributed by atoms with van der Waals surface area (Å²) in [6.07, 6.45) is 0. The molecule has 1 nitrogen and oxygen atoms in total. The van der Waals surface area contributed by atoms with Crippen LogP contribution in [0.1, 0.15) is 0 Å². The molecule has 0 N–H and O–H groups in total. The summed E-state index contributed by atoms with van der Waals surface area (Å²) in [5, 5.41) is 0. The smallest absolute Gasteiger partial charge is 0 e. The van der Waals surface area contributed by atoms with E-state index >= 15 is 0 Å². The van der Waals surface area contributed by atoms with Crippen molar-refractivity contribution in [1.29, 1.82) is 0 Å². The molecule has 5 heteroatoms. The first-order valence-electron chi connectivity index (χ1n) is 0. The maximum atomic E-state index is 0. The van der Waals surface area contributed by atoms with Crippen molar-refractivity contribution in [1.82, 2.24) is 6.15 Å². The number of nitrogens with zero attached hydrogens (tertiary/aromatic N) is 1. The predicted molar refractivity (Wildman–Crippen MR) is 43.7 cm³/mol. The van der Waals surface area contributed by atoms with Crippen LogP contribution in [0, 0.1) is 0 Å². The predicted octanol–water partition coefficient (Wildman–Crippen LogP) is -0.0294. The summed E-state index contributed by atoms with van der Waals surface area (Å²) in [4.78, 5) is 0. The fourth-order valence-corrected chi connectivity index (χ4v) is 0. The Balaban J connectivity index is 0. The van der Waals surface area contributed by atoms with E-state index in [9.17, 15) is 0 Å². The summed E-state index contributed by atoms with van der Waals surface area (Å²) >= 11 is 0. The largest absolute Gasteiger partial charge is 0.197 e. The summed E-state index contributed by atoms with van der Waals surface area (Å²) < 4.78 is 0. The van der Waals surface area contributed by atoms with Gasteiger partial charge in [-0.15, -0.1) is 0 Å². The number of hydrogen-bond acceptors (Lipinski definition) is 0. The third-order valence-corrected chi connectivity index (χ3v) is 0. The molecule has 5 heavy (non-hydrogen) atoms. The molecule has 0 aromatic heterocycles. The van der Waals surface area contributed by atoms with Crippen molar-refractivity contribution in [3.05, 3.63) is 0 Å². The minimum atomic E-state index is 0. The van der Waals surface area contributed by atoms with Crippen LogP contribution in [-0.4, -0.2) is 0 Å². The van der Waals surface area contributed by atoms with Crippen LogP contribution in [0.5, 0.6) is 0 Å². The Bertz CT molecular complexity index is 3.61. The van der Waals surface area contributed by atoms with Gasteiger partial charge in [0, 0.05) is 6.15 Å². The van der Waals surface area contributed by atoms with E-state index in [1.165, 1.54) is 0 Å². The molecule has 0 saturated heterocycles. The Morgan fingerprint density at radius 1 is 0.400 bits per heavy atom. The average Bonchev–Trinajstić information content (AvgIpc) is 0. The van der Waals surface area contributed by atoms with Crippen molar-refractivity contribution in [2.75, 3.05) is 0 Å². The van der Waals surface area contributed by atoms with E-state index in [0.717, 1.165) is 0 Å². The van der Waals surface area contributed by atoms with Crippen LogP contribution in [0.25, 0.3) is 0 Å². The van der Waals surface area contributed by atoms with Gasteiger partial charge in [0.2, 0.25) is 0 Å². The van der Waals surface area contributed by atoms with Gasteiger partial charge in [-0.2, -0.15) is 54.0 Å². The van der Waals surface area contributed by atoms with E-state index < -0.39 is 0 Å². The second-order valence-electron chi connectivity index (χ2n) is 0. The molecule has 0 fully saturated rings. The molecule has 0 unspecified atom stereocenters. The Kier molecular flexibility index (Phi) is 1090. The molecule has 37 valence electrons. The van der Waals surface area contributed by atoms with Crippen LogP contribution in [0.4, 0.5) is 0 Å². The lowest BCUT2D eigenvalue weighted by Gasteiger charge is -0.198. The Labute approximate surface area is 60.3 Å². The molecule has 0 aliphatic rings. The fraction of sp³-hybridized carbons (Fsp3) is 0. The zero-order chi connectivity index (χ0) is 0. The second kappa shape index (κ2) is 55.1. The lowest BCUT2D eigenvalue weighted by Crippen LogP contribution is -0.481. The van der Waals surface area contributed by atoms with Gasteiger partial charge in [-0.05, 0) is 0 Å². The van der Waals surface area contributed by atoms with Crippen molar-refractivity contribution in [2.45, 2.75) is 0 Å². The first-order chi connectivity index (χ1) is 0. The average molecular weight is 150 g/mol. The molecule has 0 spiro atoms. The summed E-state index contributed by atoms with van der Waals surface area (Å²) in [5.41, 5.74) is 0. The SMILES string of the molecule is S.S.S.S.[N]. The van der Waals surface area contributed by atoms with Gasteiger partial charge < -0.3 is 0 Å². The van der Waals surface area contributed by atoms with E-state index in [0.29, 0.717) is 0 Å². The minimum absolute atomic E-state index is 0. The van der Waals surface area contributed by atoms with E-state index in [1.807, 2.05) is 0 Å².